The van der Waals surface area contributed by atoms with Gasteiger partial charge in [-0.15, -0.1) is 0 Å². The summed E-state index contributed by atoms with van der Waals surface area (Å²) in [5.74, 6) is -0.474. The van der Waals surface area contributed by atoms with Crippen LogP contribution in [0.4, 0.5) is 0 Å². The Morgan fingerprint density at radius 2 is 0.839 bits per heavy atom. The van der Waals surface area contributed by atoms with E-state index >= 15 is 0 Å². The van der Waals surface area contributed by atoms with Crippen LogP contribution in [0.5, 0.6) is 0 Å². The molecule has 156 valence electrons. The quantitative estimate of drug-likeness (QED) is 0.386. The van der Waals surface area contributed by atoms with E-state index in [9.17, 15) is 14.4 Å². The van der Waals surface area contributed by atoms with Gasteiger partial charge in [-0.3, -0.25) is 0 Å². The Kier molecular flexibility index (Phi) is 6.13. The molecule has 0 radical (unpaired) electrons. The first kappa shape index (κ1) is 21.2. The van der Waals surface area contributed by atoms with Gasteiger partial charge in [0.25, 0.3) is 0 Å². The van der Waals surface area contributed by atoms with E-state index in [1.807, 2.05) is 121 Å². The van der Waals surface area contributed by atoms with Crippen LogP contribution in [0.15, 0.2) is 121 Å². The molecule has 0 heterocycles. The van der Waals surface area contributed by atoms with E-state index < -0.39 is 20.6 Å². The van der Waals surface area contributed by atoms with Crippen LogP contribution in [0.1, 0.15) is 28.2 Å². The van der Waals surface area contributed by atoms with Crippen molar-refractivity contribution in [3.05, 3.63) is 144 Å². The van der Waals surface area contributed by atoms with Crippen LogP contribution in [0.2, 0.25) is 0 Å². The molecule has 0 bridgehead atoms. The van der Waals surface area contributed by atoms with Gasteiger partial charge in [0, 0.05) is 5.92 Å². The van der Waals surface area contributed by atoms with Crippen LogP contribution in [0, 0.1) is 0 Å². The van der Waals surface area contributed by atoms with E-state index in [1.165, 1.54) is 0 Å². The van der Waals surface area contributed by atoms with E-state index in [0.717, 1.165) is 11.1 Å². The molecule has 0 saturated heterocycles. The number of hydrogen-bond acceptors (Lipinski definition) is 4. The van der Waals surface area contributed by atoms with Gasteiger partial charge in [-0.2, -0.15) is 0 Å². The molecule has 0 saturated carbocycles. The summed E-state index contributed by atoms with van der Waals surface area (Å²) in [6, 6.07) is 38.3. The van der Waals surface area contributed by atoms with Crippen molar-refractivity contribution in [2.45, 2.75) is 11.5 Å². The molecule has 31 heavy (non-hydrogen) atoms. The number of hydrogen-bond donors (Lipinski definition) is 3. The van der Waals surface area contributed by atoms with E-state index in [1.54, 1.807) is 0 Å². The third-order valence-electron chi connectivity index (χ3n) is 5.38. The van der Waals surface area contributed by atoms with Crippen molar-refractivity contribution in [3.63, 3.8) is 0 Å². The molecule has 3 N–H and O–H groups in total. The number of rotatable bonds is 7. The fourth-order valence-electron chi connectivity index (χ4n) is 4.22. The summed E-state index contributed by atoms with van der Waals surface area (Å²) in [6.07, 6.45) is 0. The van der Waals surface area contributed by atoms with E-state index in [-0.39, 0.29) is 0 Å². The minimum Gasteiger partial charge on any atom is -0.368 e. The molecule has 0 spiro atoms. The third-order valence-corrected chi connectivity index (χ3v) is 5.97. The second-order valence-corrected chi connectivity index (χ2v) is 8.75. The van der Waals surface area contributed by atoms with Crippen molar-refractivity contribution >= 4 is 9.05 Å². The van der Waals surface area contributed by atoms with Gasteiger partial charge in [-0.05, 0) is 22.3 Å². The Labute approximate surface area is 183 Å². The third kappa shape index (κ3) is 4.51. The smallest absolute Gasteiger partial charge is 0.368 e. The molecule has 0 unspecified atom stereocenters. The topological polar surface area (TPSA) is 69.9 Å². The summed E-state index contributed by atoms with van der Waals surface area (Å²) < 4.78 is 5.97. The van der Waals surface area contributed by atoms with Crippen LogP contribution in [0.25, 0.3) is 0 Å². The van der Waals surface area contributed by atoms with Crippen molar-refractivity contribution in [2.75, 3.05) is 0 Å². The zero-order valence-corrected chi connectivity index (χ0v) is 17.9. The lowest BCUT2D eigenvalue weighted by Gasteiger charge is -2.43. The fraction of sp³-hybridized carbons (Fsp3) is 0.0769. The molecular weight excluding hydrogens is 404 g/mol. The fourth-order valence-corrected chi connectivity index (χ4v) is 5.00. The summed E-state index contributed by atoms with van der Waals surface area (Å²) in [5, 5.41) is 0. The van der Waals surface area contributed by atoms with E-state index in [4.69, 9.17) is 4.43 Å². The predicted octanol–water partition coefficient (Wildman–Crippen LogP) is 4.19. The zero-order valence-electron chi connectivity index (χ0n) is 16.9. The summed E-state index contributed by atoms with van der Waals surface area (Å²) in [4.78, 5) is 30.7. The highest BCUT2D eigenvalue weighted by atomic mass is 28.4. The van der Waals surface area contributed by atoms with Crippen LogP contribution in [-0.2, 0) is 10.0 Å². The summed E-state index contributed by atoms with van der Waals surface area (Å²) >= 11 is 0. The normalized spacial score (nSPS) is 12.1. The predicted molar refractivity (Wildman–Crippen MR) is 122 cm³/mol. The van der Waals surface area contributed by atoms with Crippen molar-refractivity contribution in [2.24, 2.45) is 0 Å². The van der Waals surface area contributed by atoms with Crippen molar-refractivity contribution < 1.29 is 18.8 Å². The van der Waals surface area contributed by atoms with Gasteiger partial charge in [-0.1, -0.05) is 121 Å². The van der Waals surface area contributed by atoms with E-state index in [2.05, 4.69) is 0 Å². The molecule has 0 aliphatic carbocycles. The molecule has 4 nitrogen and oxygen atoms in total. The first-order chi connectivity index (χ1) is 15.0. The maximum absolute atomic E-state index is 10.2. The van der Waals surface area contributed by atoms with Gasteiger partial charge in [0.1, 0.15) is 5.60 Å². The Morgan fingerprint density at radius 1 is 0.516 bits per heavy atom. The molecule has 0 amide bonds. The molecule has 0 atom stereocenters. The SMILES string of the molecule is O[Si](O)(O)OC(c1ccccc1)(c1ccccc1)C(c1ccccc1)c1ccccc1. The maximum Gasteiger partial charge on any atom is 0.672 e. The van der Waals surface area contributed by atoms with Gasteiger partial charge in [0.2, 0.25) is 0 Å². The second-order valence-electron chi connectivity index (χ2n) is 7.40. The van der Waals surface area contributed by atoms with Crippen LogP contribution < -0.4 is 0 Å². The Balaban J connectivity index is 2.10. The standard InChI is InChI=1S/C26H24O4Si/c27-31(28,29)30-26(23-17-9-3-10-18-23,24-19-11-4-12-20-24)25(21-13-5-1-6-14-21)22-15-7-2-8-16-22/h1-20,25,27-29H. The average molecular weight is 429 g/mol. The molecule has 4 aromatic rings. The Morgan fingerprint density at radius 3 is 1.16 bits per heavy atom. The lowest BCUT2D eigenvalue weighted by Crippen LogP contribution is -2.51. The molecule has 4 aromatic carbocycles. The van der Waals surface area contributed by atoms with Gasteiger partial charge >= 0.3 is 9.05 Å². The largest absolute Gasteiger partial charge is 0.672 e. The summed E-state index contributed by atoms with van der Waals surface area (Å²) in [5.41, 5.74) is 1.84. The van der Waals surface area contributed by atoms with Gasteiger partial charge in [0.15, 0.2) is 0 Å². The van der Waals surface area contributed by atoms with Crippen molar-refractivity contribution in [1.82, 2.24) is 0 Å². The minimum absolute atomic E-state index is 0.474. The highest BCUT2D eigenvalue weighted by molar-refractivity contribution is 6.48. The Hall–Kier alpha value is -3.06. The van der Waals surface area contributed by atoms with Crippen LogP contribution in [-0.4, -0.2) is 23.4 Å². The first-order valence-electron chi connectivity index (χ1n) is 10.1. The Bertz CT molecular complexity index is 1000. The van der Waals surface area contributed by atoms with E-state index in [0.29, 0.717) is 11.1 Å². The molecule has 5 heteroatoms. The molecule has 0 aromatic heterocycles. The highest BCUT2D eigenvalue weighted by Gasteiger charge is 2.52. The lowest BCUT2D eigenvalue weighted by molar-refractivity contribution is -0.0323. The van der Waals surface area contributed by atoms with Gasteiger partial charge < -0.3 is 18.8 Å². The second kappa shape index (κ2) is 8.97. The van der Waals surface area contributed by atoms with Crippen LogP contribution >= 0.6 is 0 Å². The molecule has 0 aliphatic rings. The summed E-state index contributed by atoms with van der Waals surface area (Å²) in [6.45, 7) is 0. The van der Waals surface area contributed by atoms with Gasteiger partial charge in [-0.25, -0.2) is 0 Å². The average Bonchev–Trinajstić information content (AvgIpc) is 2.80. The minimum atomic E-state index is -4.99. The first-order valence-corrected chi connectivity index (χ1v) is 11.8. The monoisotopic (exact) mass is 428 g/mol. The van der Waals surface area contributed by atoms with Crippen molar-refractivity contribution in [1.29, 1.82) is 0 Å². The van der Waals surface area contributed by atoms with Gasteiger partial charge in [0.05, 0.1) is 0 Å². The maximum atomic E-state index is 10.2. The number of benzene rings is 4. The van der Waals surface area contributed by atoms with Crippen molar-refractivity contribution in [3.8, 4) is 0 Å². The molecule has 4 rings (SSSR count). The molecule has 0 fully saturated rings. The highest BCUT2D eigenvalue weighted by Crippen LogP contribution is 2.49. The zero-order chi connectivity index (χ0) is 21.7. The molecular formula is C26H24O4Si. The molecule has 0 aliphatic heterocycles. The summed E-state index contributed by atoms with van der Waals surface area (Å²) in [7, 11) is -4.99. The lowest BCUT2D eigenvalue weighted by atomic mass is 9.70. The van der Waals surface area contributed by atoms with Crippen LogP contribution in [0.3, 0.4) is 0 Å².